The number of aryl methyl sites for hydroxylation is 1. The van der Waals surface area contributed by atoms with Crippen LogP contribution < -0.4 is 0 Å². The van der Waals surface area contributed by atoms with Crippen molar-refractivity contribution in [2.45, 2.75) is 51.4 Å². The summed E-state index contributed by atoms with van der Waals surface area (Å²) in [5.41, 5.74) is 3.46. The van der Waals surface area contributed by atoms with Crippen LogP contribution in [0.15, 0.2) is 54.6 Å². The normalized spacial score (nSPS) is 20.7. The Morgan fingerprint density at radius 3 is 2.36 bits per heavy atom. The summed E-state index contributed by atoms with van der Waals surface area (Å²) in [5.74, 6) is 0.746. The molecule has 4 nitrogen and oxygen atoms in total. The van der Waals surface area contributed by atoms with Gasteiger partial charge < -0.3 is 4.90 Å². The molecule has 1 amide bonds. The predicted molar refractivity (Wildman–Crippen MR) is 133 cm³/mol. The van der Waals surface area contributed by atoms with Gasteiger partial charge in [0.1, 0.15) is 0 Å². The highest BCUT2D eigenvalue weighted by molar-refractivity contribution is 5.79. The summed E-state index contributed by atoms with van der Waals surface area (Å²) in [6, 6.07) is 21.5. The van der Waals surface area contributed by atoms with Crippen LogP contribution in [0, 0.1) is 23.2 Å². The van der Waals surface area contributed by atoms with Crippen molar-refractivity contribution in [1.29, 1.82) is 5.26 Å². The predicted octanol–water partition coefficient (Wildman–Crippen LogP) is 4.83. The van der Waals surface area contributed by atoms with E-state index in [0.29, 0.717) is 5.91 Å². The molecule has 2 aromatic carbocycles. The molecule has 2 aromatic rings. The lowest BCUT2D eigenvalue weighted by molar-refractivity contribution is -0.137. The van der Waals surface area contributed by atoms with Crippen molar-refractivity contribution >= 4 is 5.91 Å². The summed E-state index contributed by atoms with van der Waals surface area (Å²) in [4.78, 5) is 17.7. The van der Waals surface area contributed by atoms with E-state index < -0.39 is 5.41 Å². The molecule has 33 heavy (non-hydrogen) atoms. The highest BCUT2D eigenvalue weighted by Gasteiger charge is 2.36. The van der Waals surface area contributed by atoms with Gasteiger partial charge in [0.25, 0.3) is 0 Å². The molecule has 0 N–H and O–H groups in total. The fourth-order valence-electron chi connectivity index (χ4n) is 5.69. The fraction of sp³-hybridized carbons (Fsp3) is 0.517. The van der Waals surface area contributed by atoms with Crippen molar-refractivity contribution in [2.75, 3.05) is 32.7 Å². The fourth-order valence-corrected chi connectivity index (χ4v) is 5.69. The zero-order chi connectivity index (χ0) is 23.3. The monoisotopic (exact) mass is 443 g/mol. The molecule has 2 unspecified atom stereocenters. The lowest BCUT2D eigenvalue weighted by atomic mass is 9.70. The maximum atomic E-state index is 13.2. The zero-order valence-electron chi connectivity index (χ0n) is 20.2. The minimum Gasteiger partial charge on any atom is -0.340 e. The standard InChI is InChI=1S/C29H37N3O/c1-23(2)29(22-30,27-11-4-3-5-12-27)15-8-16-31-17-19-32(20-18-31)28(33)26-14-13-24-9-6-7-10-25(24)21-26/h3-7,9-12,23,26H,8,13-21H2,1-2H3. The first kappa shape index (κ1) is 23.5. The molecule has 1 aliphatic heterocycles. The Morgan fingerprint density at radius 1 is 1.03 bits per heavy atom. The highest BCUT2D eigenvalue weighted by atomic mass is 16.2. The smallest absolute Gasteiger partial charge is 0.226 e. The van der Waals surface area contributed by atoms with E-state index in [4.69, 9.17) is 0 Å². The van der Waals surface area contributed by atoms with Gasteiger partial charge in [0, 0.05) is 32.1 Å². The Kier molecular flexibility index (Phi) is 7.50. The summed E-state index contributed by atoms with van der Waals surface area (Å²) < 4.78 is 0. The molecule has 0 bridgehead atoms. The summed E-state index contributed by atoms with van der Waals surface area (Å²) in [5, 5.41) is 10.1. The first-order chi connectivity index (χ1) is 16.0. The summed E-state index contributed by atoms with van der Waals surface area (Å²) in [6.07, 6.45) is 4.74. The second-order valence-corrected chi connectivity index (χ2v) is 10.1. The molecule has 1 fully saturated rings. The van der Waals surface area contributed by atoms with Crippen LogP contribution in [-0.4, -0.2) is 48.4 Å². The number of nitrogens with zero attached hydrogens (tertiary/aromatic N) is 3. The van der Waals surface area contributed by atoms with Gasteiger partial charge in [-0.1, -0.05) is 68.4 Å². The third-order valence-corrected chi connectivity index (χ3v) is 7.90. The Bertz CT molecular complexity index is 972. The van der Waals surface area contributed by atoms with Gasteiger partial charge in [-0.15, -0.1) is 0 Å². The largest absolute Gasteiger partial charge is 0.340 e. The van der Waals surface area contributed by atoms with Crippen molar-refractivity contribution in [1.82, 2.24) is 9.80 Å². The molecule has 1 heterocycles. The quantitative estimate of drug-likeness (QED) is 0.616. The van der Waals surface area contributed by atoms with E-state index in [-0.39, 0.29) is 11.8 Å². The molecule has 0 radical (unpaired) electrons. The van der Waals surface area contributed by atoms with Gasteiger partial charge in [0.15, 0.2) is 0 Å². The highest BCUT2D eigenvalue weighted by Crippen LogP contribution is 2.36. The number of fused-ring (bicyclic) bond motifs is 1. The third-order valence-electron chi connectivity index (χ3n) is 7.90. The van der Waals surface area contributed by atoms with E-state index in [9.17, 15) is 10.1 Å². The molecule has 4 heteroatoms. The SMILES string of the molecule is CC(C)C(C#N)(CCCN1CCN(C(=O)C2CCc3ccccc3C2)CC1)c1ccccc1. The average molecular weight is 444 g/mol. The minimum atomic E-state index is -0.434. The summed E-state index contributed by atoms with van der Waals surface area (Å²) in [7, 11) is 0. The summed E-state index contributed by atoms with van der Waals surface area (Å²) in [6.45, 7) is 8.81. The van der Waals surface area contributed by atoms with Crippen molar-refractivity contribution in [3.05, 3.63) is 71.3 Å². The first-order valence-corrected chi connectivity index (χ1v) is 12.6. The minimum absolute atomic E-state index is 0.139. The van der Waals surface area contributed by atoms with Gasteiger partial charge in [-0.05, 0) is 61.3 Å². The second-order valence-electron chi connectivity index (χ2n) is 10.1. The van der Waals surface area contributed by atoms with E-state index >= 15 is 0 Å². The van der Waals surface area contributed by atoms with Crippen molar-refractivity contribution in [3.63, 3.8) is 0 Å². The number of rotatable bonds is 7. The number of piperazine rings is 1. The van der Waals surface area contributed by atoms with E-state index in [0.717, 1.165) is 70.4 Å². The van der Waals surface area contributed by atoms with Gasteiger partial charge >= 0.3 is 0 Å². The average Bonchev–Trinajstić information content (AvgIpc) is 2.87. The Labute approximate surface area is 199 Å². The van der Waals surface area contributed by atoms with Crippen LogP contribution in [0.5, 0.6) is 0 Å². The molecule has 1 aliphatic carbocycles. The lowest BCUT2D eigenvalue weighted by Crippen LogP contribution is -2.51. The molecule has 4 rings (SSSR count). The maximum Gasteiger partial charge on any atom is 0.226 e. The molecule has 0 spiro atoms. The Balaban J connectivity index is 1.27. The van der Waals surface area contributed by atoms with Gasteiger partial charge in [0.05, 0.1) is 11.5 Å². The zero-order valence-corrected chi connectivity index (χ0v) is 20.2. The molecule has 174 valence electrons. The van der Waals surface area contributed by atoms with Gasteiger partial charge in [-0.25, -0.2) is 0 Å². The summed E-state index contributed by atoms with van der Waals surface area (Å²) >= 11 is 0. The Hall–Kier alpha value is -2.64. The van der Waals surface area contributed by atoms with Crippen LogP contribution in [0.1, 0.15) is 49.8 Å². The topological polar surface area (TPSA) is 47.3 Å². The molecule has 2 atom stereocenters. The van der Waals surface area contributed by atoms with E-state index in [1.165, 1.54) is 11.1 Å². The first-order valence-electron chi connectivity index (χ1n) is 12.6. The number of nitriles is 1. The van der Waals surface area contributed by atoms with E-state index in [1.54, 1.807) is 0 Å². The molecular weight excluding hydrogens is 406 g/mol. The number of carbonyl (C=O) groups excluding carboxylic acids is 1. The maximum absolute atomic E-state index is 13.2. The Morgan fingerprint density at radius 2 is 1.70 bits per heavy atom. The van der Waals surface area contributed by atoms with Crippen LogP contribution in [0.25, 0.3) is 0 Å². The van der Waals surface area contributed by atoms with Crippen LogP contribution in [0.3, 0.4) is 0 Å². The molecule has 2 aliphatic rings. The number of amides is 1. The van der Waals surface area contributed by atoms with Crippen LogP contribution in [-0.2, 0) is 23.1 Å². The van der Waals surface area contributed by atoms with Gasteiger partial charge in [0.2, 0.25) is 5.91 Å². The van der Waals surface area contributed by atoms with Crippen molar-refractivity contribution < 1.29 is 4.79 Å². The van der Waals surface area contributed by atoms with Gasteiger partial charge in [-0.3, -0.25) is 9.69 Å². The molecule has 0 aromatic heterocycles. The van der Waals surface area contributed by atoms with Crippen LogP contribution >= 0.6 is 0 Å². The molecule has 1 saturated heterocycles. The third kappa shape index (κ3) is 5.14. The van der Waals surface area contributed by atoms with E-state index in [2.05, 4.69) is 66.1 Å². The molecule has 0 saturated carbocycles. The number of carbonyl (C=O) groups is 1. The van der Waals surface area contributed by atoms with Crippen molar-refractivity contribution in [3.8, 4) is 6.07 Å². The molecular formula is C29H37N3O. The van der Waals surface area contributed by atoms with Gasteiger partial charge in [-0.2, -0.15) is 5.26 Å². The number of hydrogen-bond acceptors (Lipinski definition) is 3. The van der Waals surface area contributed by atoms with Crippen LogP contribution in [0.2, 0.25) is 0 Å². The van der Waals surface area contributed by atoms with Crippen molar-refractivity contribution in [2.24, 2.45) is 11.8 Å². The van der Waals surface area contributed by atoms with E-state index in [1.807, 2.05) is 18.2 Å². The number of benzene rings is 2. The second kappa shape index (κ2) is 10.5. The lowest BCUT2D eigenvalue weighted by Gasteiger charge is -2.38. The van der Waals surface area contributed by atoms with Crippen LogP contribution in [0.4, 0.5) is 0 Å². The number of hydrogen-bond donors (Lipinski definition) is 0.